The second kappa shape index (κ2) is 8.39. The molecule has 0 unspecified atom stereocenters. The van der Waals surface area contributed by atoms with Crippen molar-refractivity contribution in [3.8, 4) is 11.1 Å². The van der Waals surface area contributed by atoms with E-state index in [4.69, 9.17) is 23.2 Å². The summed E-state index contributed by atoms with van der Waals surface area (Å²) in [6, 6.07) is 13.9. The lowest BCUT2D eigenvalue weighted by molar-refractivity contribution is -0.111. The number of hydrogen-bond acceptors (Lipinski definition) is 3. The number of carboxylic acids is 1. The zero-order chi connectivity index (χ0) is 19.4. The highest BCUT2D eigenvalue weighted by Gasteiger charge is 2.20. The minimum absolute atomic E-state index is 0.0433. The van der Waals surface area contributed by atoms with E-state index in [0.717, 1.165) is 11.3 Å². The van der Waals surface area contributed by atoms with Crippen LogP contribution in [0.1, 0.15) is 15.9 Å². The Bertz CT molecular complexity index is 1030. The first-order valence-electron chi connectivity index (χ1n) is 7.80. The van der Waals surface area contributed by atoms with Crippen LogP contribution in [0.15, 0.2) is 60.0 Å². The van der Waals surface area contributed by atoms with Crippen LogP contribution in [0, 0.1) is 0 Å². The Balaban J connectivity index is 1.85. The zero-order valence-electron chi connectivity index (χ0n) is 13.8. The normalized spacial score (nSPS) is 10.9. The van der Waals surface area contributed by atoms with E-state index in [9.17, 15) is 14.7 Å². The van der Waals surface area contributed by atoms with E-state index in [0.29, 0.717) is 26.7 Å². The van der Waals surface area contributed by atoms with Gasteiger partial charge in [-0.05, 0) is 35.4 Å². The number of carboxylic acid groups (broad SMARTS) is 1. The Morgan fingerprint density at radius 1 is 1.04 bits per heavy atom. The van der Waals surface area contributed by atoms with E-state index in [1.807, 2.05) is 6.07 Å². The summed E-state index contributed by atoms with van der Waals surface area (Å²) in [6.45, 7) is 0. The maximum atomic E-state index is 12.2. The smallest absolute Gasteiger partial charge is 0.339 e. The minimum Gasteiger partial charge on any atom is -0.478 e. The Hall–Kier alpha value is -2.60. The quantitative estimate of drug-likeness (QED) is 0.494. The fourth-order valence-electron chi connectivity index (χ4n) is 2.43. The molecule has 0 fully saturated rings. The van der Waals surface area contributed by atoms with Crippen molar-refractivity contribution in [3.63, 3.8) is 0 Å². The van der Waals surface area contributed by atoms with Crippen molar-refractivity contribution in [1.82, 2.24) is 0 Å². The van der Waals surface area contributed by atoms with Crippen LogP contribution in [-0.2, 0) is 4.79 Å². The first-order chi connectivity index (χ1) is 13.0. The topological polar surface area (TPSA) is 66.4 Å². The molecule has 3 rings (SSSR count). The summed E-state index contributed by atoms with van der Waals surface area (Å²) in [5.74, 6) is -1.56. The summed E-state index contributed by atoms with van der Waals surface area (Å²) in [5, 5.41) is 15.3. The molecule has 0 aliphatic rings. The fraction of sp³-hybridized carbons (Fsp3) is 0. The van der Waals surface area contributed by atoms with E-state index in [1.54, 1.807) is 53.9 Å². The molecule has 0 aliphatic heterocycles. The van der Waals surface area contributed by atoms with Crippen molar-refractivity contribution in [2.75, 3.05) is 5.32 Å². The van der Waals surface area contributed by atoms with Gasteiger partial charge in [0, 0.05) is 27.1 Å². The molecule has 0 saturated carbocycles. The summed E-state index contributed by atoms with van der Waals surface area (Å²) in [5.41, 5.74) is 1.97. The number of carbonyl (C=O) groups excluding carboxylic acids is 1. The SMILES string of the molecule is O=C(C=Cc1ccccc1Cl)Nc1scc(-c2ccc(Cl)cc2)c1C(=O)O. The summed E-state index contributed by atoms with van der Waals surface area (Å²) in [6.07, 6.45) is 2.89. The van der Waals surface area contributed by atoms with E-state index in [-0.39, 0.29) is 10.6 Å². The van der Waals surface area contributed by atoms with Crippen LogP contribution < -0.4 is 5.32 Å². The summed E-state index contributed by atoms with van der Waals surface area (Å²) in [7, 11) is 0. The number of rotatable bonds is 5. The van der Waals surface area contributed by atoms with Gasteiger partial charge < -0.3 is 10.4 Å². The van der Waals surface area contributed by atoms with E-state index in [1.165, 1.54) is 6.08 Å². The van der Waals surface area contributed by atoms with Crippen LogP contribution in [0.25, 0.3) is 17.2 Å². The van der Waals surface area contributed by atoms with E-state index < -0.39 is 11.9 Å². The number of aromatic carboxylic acids is 1. The molecule has 1 amide bonds. The van der Waals surface area contributed by atoms with Crippen LogP contribution in [0.4, 0.5) is 5.00 Å². The summed E-state index contributed by atoms with van der Waals surface area (Å²) in [4.78, 5) is 24.0. The second-order valence-electron chi connectivity index (χ2n) is 5.51. The average molecular weight is 418 g/mol. The number of nitrogens with one attached hydrogen (secondary N) is 1. The van der Waals surface area contributed by atoms with Gasteiger partial charge in [-0.2, -0.15) is 0 Å². The Morgan fingerprint density at radius 2 is 1.74 bits per heavy atom. The molecular weight excluding hydrogens is 405 g/mol. The van der Waals surface area contributed by atoms with Crippen LogP contribution in [0.2, 0.25) is 10.0 Å². The van der Waals surface area contributed by atoms with Crippen molar-refractivity contribution in [1.29, 1.82) is 0 Å². The maximum Gasteiger partial charge on any atom is 0.339 e. The molecule has 1 aromatic heterocycles. The third kappa shape index (κ3) is 4.57. The number of thiophene rings is 1. The number of benzene rings is 2. The summed E-state index contributed by atoms with van der Waals surface area (Å²) < 4.78 is 0. The first kappa shape index (κ1) is 19.2. The Kier molecular flexibility index (Phi) is 5.96. The van der Waals surface area contributed by atoms with Gasteiger partial charge in [-0.15, -0.1) is 11.3 Å². The van der Waals surface area contributed by atoms with Crippen molar-refractivity contribution in [2.45, 2.75) is 0 Å². The molecule has 2 aromatic carbocycles. The number of anilines is 1. The molecule has 0 spiro atoms. The standard InChI is InChI=1S/C20H13Cl2NO3S/c21-14-8-5-12(6-9-14)15-11-27-19(18(15)20(25)26)23-17(24)10-7-13-3-1-2-4-16(13)22/h1-11H,(H,23,24)(H,25,26). The molecule has 4 nitrogen and oxygen atoms in total. The molecule has 2 N–H and O–H groups in total. The molecule has 3 aromatic rings. The van der Waals surface area contributed by atoms with Gasteiger partial charge in [0.2, 0.25) is 5.91 Å². The first-order valence-corrected chi connectivity index (χ1v) is 9.43. The van der Waals surface area contributed by atoms with Gasteiger partial charge in [-0.1, -0.05) is 53.5 Å². The molecule has 0 radical (unpaired) electrons. The third-order valence-electron chi connectivity index (χ3n) is 3.72. The molecule has 136 valence electrons. The van der Waals surface area contributed by atoms with Crippen molar-refractivity contribution < 1.29 is 14.7 Å². The Labute approximate surface area is 169 Å². The third-order valence-corrected chi connectivity index (χ3v) is 5.21. The molecule has 0 aliphatic carbocycles. The molecular formula is C20H13Cl2NO3S. The highest BCUT2D eigenvalue weighted by Crippen LogP contribution is 2.36. The van der Waals surface area contributed by atoms with Gasteiger partial charge in [-0.25, -0.2) is 4.79 Å². The second-order valence-corrected chi connectivity index (χ2v) is 7.23. The maximum absolute atomic E-state index is 12.2. The van der Waals surface area contributed by atoms with Gasteiger partial charge in [0.15, 0.2) is 0 Å². The predicted molar refractivity (Wildman–Crippen MR) is 111 cm³/mol. The highest BCUT2D eigenvalue weighted by atomic mass is 35.5. The van der Waals surface area contributed by atoms with Crippen molar-refractivity contribution in [2.24, 2.45) is 0 Å². The van der Waals surface area contributed by atoms with Gasteiger partial charge in [0.25, 0.3) is 0 Å². The van der Waals surface area contributed by atoms with Crippen molar-refractivity contribution in [3.05, 3.63) is 81.2 Å². The monoisotopic (exact) mass is 417 g/mol. The molecule has 0 bridgehead atoms. The number of hydrogen-bond donors (Lipinski definition) is 2. The van der Waals surface area contributed by atoms with Crippen LogP contribution in [-0.4, -0.2) is 17.0 Å². The van der Waals surface area contributed by atoms with Gasteiger partial charge in [0.1, 0.15) is 10.6 Å². The lowest BCUT2D eigenvalue weighted by Gasteiger charge is -2.04. The number of halogens is 2. The average Bonchev–Trinajstić information content (AvgIpc) is 3.05. The molecule has 0 atom stereocenters. The number of amides is 1. The molecule has 1 heterocycles. The van der Waals surface area contributed by atoms with Crippen LogP contribution >= 0.6 is 34.5 Å². The van der Waals surface area contributed by atoms with Gasteiger partial charge >= 0.3 is 5.97 Å². The van der Waals surface area contributed by atoms with Crippen molar-refractivity contribution >= 4 is 57.5 Å². The van der Waals surface area contributed by atoms with E-state index >= 15 is 0 Å². The molecule has 7 heteroatoms. The highest BCUT2D eigenvalue weighted by molar-refractivity contribution is 7.15. The van der Waals surface area contributed by atoms with E-state index in [2.05, 4.69) is 5.32 Å². The van der Waals surface area contributed by atoms with Crippen LogP contribution in [0.5, 0.6) is 0 Å². The lowest BCUT2D eigenvalue weighted by atomic mass is 10.0. The molecule has 27 heavy (non-hydrogen) atoms. The summed E-state index contributed by atoms with van der Waals surface area (Å²) >= 11 is 13.1. The minimum atomic E-state index is -1.12. The Morgan fingerprint density at radius 3 is 2.41 bits per heavy atom. The predicted octanol–water partition coefficient (Wildman–Crippen LogP) is 6.07. The lowest BCUT2D eigenvalue weighted by Crippen LogP contribution is -2.10. The molecule has 0 saturated heterocycles. The van der Waals surface area contributed by atoms with Gasteiger partial charge in [-0.3, -0.25) is 4.79 Å². The van der Waals surface area contributed by atoms with Gasteiger partial charge in [0.05, 0.1) is 0 Å². The zero-order valence-corrected chi connectivity index (χ0v) is 16.1. The largest absolute Gasteiger partial charge is 0.478 e. The van der Waals surface area contributed by atoms with Crippen LogP contribution in [0.3, 0.4) is 0 Å². The fourth-order valence-corrected chi connectivity index (χ4v) is 3.72. The number of carbonyl (C=O) groups is 2.